The SMILES string of the molecule is Cc1ccc(SCCC(=O)N2CCN(c3nc4ccc(C)cc4s3)CC2)cc1. The van der Waals surface area contributed by atoms with Crippen molar-refractivity contribution in [2.24, 2.45) is 0 Å². The molecule has 2 heterocycles. The Labute approximate surface area is 174 Å². The van der Waals surface area contributed by atoms with Crippen molar-refractivity contribution in [1.82, 2.24) is 9.88 Å². The number of rotatable bonds is 5. The molecule has 1 aliphatic rings. The molecule has 1 saturated heterocycles. The molecule has 0 unspecified atom stereocenters. The summed E-state index contributed by atoms with van der Waals surface area (Å²) in [7, 11) is 0. The number of piperazine rings is 1. The average molecular weight is 412 g/mol. The van der Waals surface area contributed by atoms with Crippen LogP contribution in [0.4, 0.5) is 5.13 Å². The maximum atomic E-state index is 12.5. The second-order valence-corrected chi connectivity index (χ2v) is 9.42. The van der Waals surface area contributed by atoms with Gasteiger partial charge in [-0.2, -0.15) is 0 Å². The van der Waals surface area contributed by atoms with E-state index in [0.29, 0.717) is 6.42 Å². The van der Waals surface area contributed by atoms with Gasteiger partial charge in [0.1, 0.15) is 0 Å². The van der Waals surface area contributed by atoms with Crippen LogP contribution in [-0.2, 0) is 4.79 Å². The second kappa shape index (κ2) is 8.53. The maximum absolute atomic E-state index is 12.5. The third kappa shape index (κ3) is 4.50. The predicted octanol–water partition coefficient (Wildman–Crippen LogP) is 4.74. The van der Waals surface area contributed by atoms with Gasteiger partial charge >= 0.3 is 0 Å². The van der Waals surface area contributed by atoms with Crippen molar-refractivity contribution in [3.63, 3.8) is 0 Å². The molecule has 0 N–H and O–H groups in total. The summed E-state index contributed by atoms with van der Waals surface area (Å²) in [6.45, 7) is 7.48. The molecule has 4 rings (SSSR count). The van der Waals surface area contributed by atoms with E-state index < -0.39 is 0 Å². The molecule has 0 saturated carbocycles. The van der Waals surface area contributed by atoms with Gasteiger partial charge < -0.3 is 9.80 Å². The summed E-state index contributed by atoms with van der Waals surface area (Å²) in [5, 5.41) is 1.07. The average Bonchev–Trinajstić information content (AvgIpc) is 3.12. The van der Waals surface area contributed by atoms with Gasteiger partial charge in [-0.1, -0.05) is 35.1 Å². The number of nitrogens with zero attached hydrogens (tertiary/aromatic N) is 3. The molecule has 0 bridgehead atoms. The first kappa shape index (κ1) is 19.3. The van der Waals surface area contributed by atoms with Gasteiger partial charge in [-0.05, 0) is 43.7 Å². The first-order valence-electron chi connectivity index (χ1n) is 9.68. The lowest BCUT2D eigenvalue weighted by Gasteiger charge is -2.34. The molecule has 1 fully saturated rings. The highest BCUT2D eigenvalue weighted by Crippen LogP contribution is 2.30. The number of hydrogen-bond acceptors (Lipinski definition) is 5. The molecule has 0 atom stereocenters. The summed E-state index contributed by atoms with van der Waals surface area (Å²) in [5.74, 6) is 1.10. The Bertz CT molecular complexity index is 960. The highest BCUT2D eigenvalue weighted by Gasteiger charge is 2.22. The zero-order chi connectivity index (χ0) is 19.5. The van der Waals surface area contributed by atoms with Crippen LogP contribution < -0.4 is 4.90 Å². The summed E-state index contributed by atoms with van der Waals surface area (Å²) in [6, 6.07) is 14.9. The number of benzene rings is 2. The van der Waals surface area contributed by atoms with Crippen LogP contribution in [-0.4, -0.2) is 47.7 Å². The Morgan fingerprint density at radius 3 is 2.50 bits per heavy atom. The minimum Gasteiger partial charge on any atom is -0.345 e. The predicted molar refractivity (Wildman–Crippen MR) is 120 cm³/mol. The fourth-order valence-corrected chi connectivity index (χ4v) is 5.31. The van der Waals surface area contributed by atoms with Gasteiger partial charge in [-0.3, -0.25) is 4.79 Å². The van der Waals surface area contributed by atoms with Crippen molar-refractivity contribution in [2.45, 2.75) is 25.2 Å². The Morgan fingerprint density at radius 2 is 1.75 bits per heavy atom. The number of carbonyl (C=O) groups excluding carboxylic acids is 1. The summed E-state index contributed by atoms with van der Waals surface area (Å²) in [6.07, 6.45) is 0.596. The fraction of sp³-hybridized carbons (Fsp3) is 0.364. The second-order valence-electron chi connectivity index (χ2n) is 7.25. The normalized spacial score (nSPS) is 14.6. The molecular formula is C22H25N3OS2. The van der Waals surface area contributed by atoms with Crippen LogP contribution in [0.15, 0.2) is 47.4 Å². The molecule has 4 nitrogen and oxygen atoms in total. The molecule has 2 aromatic carbocycles. The number of thioether (sulfide) groups is 1. The van der Waals surface area contributed by atoms with Crippen molar-refractivity contribution in [2.75, 3.05) is 36.8 Å². The van der Waals surface area contributed by atoms with Gasteiger partial charge in [0.05, 0.1) is 10.2 Å². The van der Waals surface area contributed by atoms with Gasteiger partial charge in [0.25, 0.3) is 0 Å². The monoisotopic (exact) mass is 411 g/mol. The van der Waals surface area contributed by atoms with Crippen LogP contribution in [0.25, 0.3) is 10.2 Å². The highest BCUT2D eigenvalue weighted by molar-refractivity contribution is 7.99. The lowest BCUT2D eigenvalue weighted by Crippen LogP contribution is -2.48. The number of aryl methyl sites for hydroxylation is 2. The van der Waals surface area contributed by atoms with Crippen molar-refractivity contribution in [1.29, 1.82) is 0 Å². The van der Waals surface area contributed by atoms with Crippen LogP contribution in [0.3, 0.4) is 0 Å². The van der Waals surface area contributed by atoms with E-state index in [1.54, 1.807) is 23.1 Å². The Hall–Kier alpha value is -2.05. The van der Waals surface area contributed by atoms with Crippen molar-refractivity contribution >= 4 is 44.4 Å². The summed E-state index contributed by atoms with van der Waals surface area (Å²) in [5.41, 5.74) is 3.60. The number of thiazole rings is 1. The Kier molecular flexibility index (Phi) is 5.87. The molecule has 3 aromatic rings. The molecule has 1 amide bonds. The zero-order valence-corrected chi connectivity index (χ0v) is 18.0. The molecule has 6 heteroatoms. The summed E-state index contributed by atoms with van der Waals surface area (Å²) in [4.78, 5) is 22.9. The van der Waals surface area contributed by atoms with E-state index in [1.165, 1.54) is 20.7 Å². The topological polar surface area (TPSA) is 36.4 Å². The van der Waals surface area contributed by atoms with E-state index >= 15 is 0 Å². The van der Waals surface area contributed by atoms with Gasteiger partial charge in [0.15, 0.2) is 5.13 Å². The number of anilines is 1. The molecule has 0 radical (unpaired) electrons. The number of fused-ring (bicyclic) bond motifs is 1. The minimum atomic E-state index is 0.263. The smallest absolute Gasteiger partial charge is 0.223 e. The molecule has 28 heavy (non-hydrogen) atoms. The minimum absolute atomic E-state index is 0.263. The van der Waals surface area contributed by atoms with Gasteiger partial charge in [-0.15, -0.1) is 11.8 Å². The van der Waals surface area contributed by atoms with E-state index in [-0.39, 0.29) is 5.91 Å². The van der Waals surface area contributed by atoms with Crippen LogP contribution in [0.5, 0.6) is 0 Å². The quantitative estimate of drug-likeness (QED) is 0.568. The maximum Gasteiger partial charge on any atom is 0.223 e. The van der Waals surface area contributed by atoms with Crippen LogP contribution in [0.1, 0.15) is 17.5 Å². The molecule has 0 spiro atoms. The Balaban J connectivity index is 1.27. The first-order valence-corrected chi connectivity index (χ1v) is 11.5. The lowest BCUT2D eigenvalue weighted by atomic mass is 10.2. The van der Waals surface area contributed by atoms with Gasteiger partial charge in [0.2, 0.25) is 5.91 Å². The Morgan fingerprint density at radius 1 is 1.04 bits per heavy atom. The highest BCUT2D eigenvalue weighted by atomic mass is 32.2. The third-order valence-electron chi connectivity index (χ3n) is 5.04. The van der Waals surface area contributed by atoms with Gasteiger partial charge in [-0.25, -0.2) is 4.98 Å². The first-order chi connectivity index (χ1) is 13.6. The standard InChI is InChI=1S/C22H25N3OS2/c1-16-3-6-18(7-4-16)27-14-9-21(26)24-10-12-25(13-11-24)22-23-19-8-5-17(2)15-20(19)28-22/h3-8,15H,9-14H2,1-2H3. The number of carbonyl (C=O) groups is 1. The number of amides is 1. The van der Waals surface area contributed by atoms with Crippen LogP contribution in [0.2, 0.25) is 0 Å². The number of hydrogen-bond donors (Lipinski definition) is 0. The molecular weight excluding hydrogens is 386 g/mol. The van der Waals surface area contributed by atoms with E-state index in [9.17, 15) is 4.79 Å². The fourth-order valence-electron chi connectivity index (χ4n) is 3.35. The van der Waals surface area contributed by atoms with Crippen LogP contribution >= 0.6 is 23.1 Å². The molecule has 1 aliphatic heterocycles. The third-order valence-corrected chi connectivity index (χ3v) is 7.13. The lowest BCUT2D eigenvalue weighted by molar-refractivity contribution is -0.131. The van der Waals surface area contributed by atoms with Crippen molar-refractivity contribution in [3.05, 3.63) is 53.6 Å². The van der Waals surface area contributed by atoms with E-state index in [4.69, 9.17) is 4.98 Å². The zero-order valence-electron chi connectivity index (χ0n) is 16.4. The summed E-state index contributed by atoms with van der Waals surface area (Å²) >= 11 is 3.50. The molecule has 146 valence electrons. The van der Waals surface area contributed by atoms with Crippen LogP contribution in [0, 0.1) is 13.8 Å². The largest absolute Gasteiger partial charge is 0.345 e. The van der Waals surface area contributed by atoms with E-state index in [2.05, 4.69) is 61.2 Å². The van der Waals surface area contributed by atoms with Gasteiger partial charge in [0, 0.05) is 43.2 Å². The van der Waals surface area contributed by atoms with Crippen molar-refractivity contribution < 1.29 is 4.79 Å². The van der Waals surface area contributed by atoms with Crippen molar-refractivity contribution in [3.8, 4) is 0 Å². The number of aromatic nitrogens is 1. The molecule has 1 aromatic heterocycles. The molecule has 0 aliphatic carbocycles. The van der Waals surface area contributed by atoms with E-state index in [1.807, 2.05) is 4.90 Å². The summed E-state index contributed by atoms with van der Waals surface area (Å²) < 4.78 is 1.24. The van der Waals surface area contributed by atoms with E-state index in [0.717, 1.165) is 42.6 Å².